The van der Waals surface area contributed by atoms with Crippen molar-refractivity contribution < 1.29 is 4.74 Å². The maximum absolute atomic E-state index is 6.14. The van der Waals surface area contributed by atoms with Crippen LogP contribution in [0.1, 0.15) is 62.9 Å². The van der Waals surface area contributed by atoms with Crippen LogP contribution >= 0.6 is 24.0 Å². The zero-order chi connectivity index (χ0) is 19.9. The molecule has 0 amide bonds. The molecule has 2 N–H and O–H groups in total. The Morgan fingerprint density at radius 2 is 2.07 bits per heavy atom. The van der Waals surface area contributed by atoms with Crippen molar-refractivity contribution in [1.29, 1.82) is 0 Å². The molecule has 2 saturated carbocycles. The van der Waals surface area contributed by atoms with Gasteiger partial charge in [0, 0.05) is 49.3 Å². The van der Waals surface area contributed by atoms with Crippen molar-refractivity contribution in [3.05, 3.63) is 17.0 Å². The van der Waals surface area contributed by atoms with Crippen molar-refractivity contribution >= 4 is 29.9 Å². The molecule has 1 aromatic heterocycles. The van der Waals surface area contributed by atoms with Crippen LogP contribution < -0.4 is 10.6 Å². The van der Waals surface area contributed by atoms with E-state index in [0.717, 1.165) is 31.2 Å². The number of ether oxygens (including phenoxy) is 1. The summed E-state index contributed by atoms with van der Waals surface area (Å²) in [6, 6.07) is 0.809. The molecule has 2 heterocycles. The van der Waals surface area contributed by atoms with Gasteiger partial charge in [0.15, 0.2) is 5.96 Å². The molecule has 1 aromatic rings. The van der Waals surface area contributed by atoms with E-state index >= 15 is 0 Å². The van der Waals surface area contributed by atoms with Crippen LogP contribution in [0.15, 0.2) is 4.99 Å². The van der Waals surface area contributed by atoms with Gasteiger partial charge in [-0.2, -0.15) is 5.10 Å². The number of nitrogens with zero attached hydrogens (tertiary/aromatic N) is 3. The molecule has 0 aromatic carbocycles. The van der Waals surface area contributed by atoms with Gasteiger partial charge in [0.1, 0.15) is 0 Å². The summed E-state index contributed by atoms with van der Waals surface area (Å²) in [5.41, 5.74) is 4.07. The lowest BCUT2D eigenvalue weighted by Gasteiger charge is -2.57. The number of hydrogen-bond donors (Lipinski definition) is 2. The van der Waals surface area contributed by atoms with Crippen LogP contribution in [-0.2, 0) is 18.2 Å². The second kappa shape index (κ2) is 9.12. The largest absolute Gasteiger partial charge is 0.377 e. The van der Waals surface area contributed by atoms with Crippen LogP contribution in [0.4, 0.5) is 0 Å². The quantitative estimate of drug-likeness (QED) is 0.358. The summed E-state index contributed by atoms with van der Waals surface area (Å²) >= 11 is 0. The minimum absolute atomic E-state index is 0. The highest BCUT2D eigenvalue weighted by Gasteiger charge is 2.65. The molecule has 4 atom stereocenters. The number of halogens is 1. The zero-order valence-corrected chi connectivity index (χ0v) is 21.0. The highest BCUT2D eigenvalue weighted by molar-refractivity contribution is 14.0. The molecule has 164 valence electrons. The summed E-state index contributed by atoms with van der Waals surface area (Å²) in [5.74, 6) is 1.62. The Morgan fingerprint density at radius 3 is 2.69 bits per heavy atom. The fraction of sp³-hybridized carbons (Fsp3) is 0.818. The third kappa shape index (κ3) is 4.05. The van der Waals surface area contributed by atoms with Crippen molar-refractivity contribution in [1.82, 2.24) is 20.4 Å². The normalized spacial score (nSPS) is 28.6. The molecule has 29 heavy (non-hydrogen) atoms. The summed E-state index contributed by atoms with van der Waals surface area (Å²) < 4.78 is 8.12. The second-order valence-electron chi connectivity index (χ2n) is 9.15. The van der Waals surface area contributed by atoms with E-state index in [9.17, 15) is 0 Å². The number of aliphatic imine (C=N–C) groups is 1. The number of rotatable bonds is 5. The molecule has 1 aliphatic heterocycles. The number of guanidine groups is 1. The van der Waals surface area contributed by atoms with Crippen LogP contribution in [0, 0.1) is 25.2 Å². The summed E-state index contributed by atoms with van der Waals surface area (Å²) in [4.78, 5) is 4.78. The number of aryl methyl sites for hydroxylation is 2. The highest BCUT2D eigenvalue weighted by Crippen LogP contribution is 2.60. The van der Waals surface area contributed by atoms with Crippen molar-refractivity contribution in [2.24, 2.45) is 23.4 Å². The van der Waals surface area contributed by atoms with Crippen LogP contribution in [0.25, 0.3) is 0 Å². The monoisotopic (exact) mass is 515 g/mol. The molecule has 0 radical (unpaired) electrons. The summed E-state index contributed by atoms with van der Waals surface area (Å²) in [7, 11) is 2.02. The van der Waals surface area contributed by atoms with Gasteiger partial charge < -0.3 is 15.4 Å². The van der Waals surface area contributed by atoms with Crippen molar-refractivity contribution in [2.75, 3.05) is 13.2 Å². The summed E-state index contributed by atoms with van der Waals surface area (Å²) in [6.45, 7) is 10.3. The molecule has 2 aliphatic carbocycles. The molecule has 1 spiro atoms. The van der Waals surface area contributed by atoms with Gasteiger partial charge >= 0.3 is 0 Å². The van der Waals surface area contributed by atoms with E-state index in [0.29, 0.717) is 29.5 Å². The third-order valence-corrected chi connectivity index (χ3v) is 7.45. The SMILES string of the molecule is CCN=C(NC(C)Cc1c(C)nn(C)c1C)NC1C2CCOC2C12CCCC2.I. The molecule has 3 fully saturated rings. The Hall–Kier alpha value is -0.830. The average Bonchev–Trinajstić information content (AvgIpc) is 3.36. The van der Waals surface area contributed by atoms with Gasteiger partial charge in [-0.3, -0.25) is 9.67 Å². The van der Waals surface area contributed by atoms with Crippen molar-refractivity contribution in [2.45, 2.75) is 84.4 Å². The summed E-state index contributed by atoms with van der Waals surface area (Å²) in [5, 5.41) is 12.1. The minimum atomic E-state index is 0. The Labute approximate surface area is 192 Å². The van der Waals surface area contributed by atoms with E-state index in [1.165, 1.54) is 43.4 Å². The molecule has 6 nitrogen and oxygen atoms in total. The number of fused-ring (bicyclic) bond motifs is 2. The van der Waals surface area contributed by atoms with Crippen LogP contribution in [-0.4, -0.2) is 47.1 Å². The molecular formula is C22H38IN5O. The molecule has 1 saturated heterocycles. The first-order valence-corrected chi connectivity index (χ1v) is 11.1. The van der Waals surface area contributed by atoms with E-state index in [1.807, 2.05) is 11.7 Å². The fourth-order valence-corrected chi connectivity index (χ4v) is 6.05. The molecular weight excluding hydrogens is 477 g/mol. The minimum Gasteiger partial charge on any atom is -0.377 e. The van der Waals surface area contributed by atoms with Gasteiger partial charge in [0.05, 0.1) is 11.8 Å². The van der Waals surface area contributed by atoms with E-state index in [-0.39, 0.29) is 24.0 Å². The van der Waals surface area contributed by atoms with Gasteiger partial charge in [-0.1, -0.05) is 12.8 Å². The van der Waals surface area contributed by atoms with Crippen molar-refractivity contribution in [3.8, 4) is 0 Å². The van der Waals surface area contributed by atoms with E-state index in [1.54, 1.807) is 0 Å². The predicted octanol–water partition coefficient (Wildman–Crippen LogP) is 3.49. The van der Waals surface area contributed by atoms with E-state index in [2.05, 4.69) is 43.4 Å². The van der Waals surface area contributed by atoms with Gasteiger partial charge in [0.2, 0.25) is 0 Å². The lowest BCUT2D eigenvalue weighted by Crippen LogP contribution is -2.69. The van der Waals surface area contributed by atoms with Crippen LogP contribution in [0.5, 0.6) is 0 Å². The Kier molecular flexibility index (Phi) is 7.18. The zero-order valence-electron chi connectivity index (χ0n) is 18.6. The summed E-state index contributed by atoms with van der Waals surface area (Å²) in [6.07, 6.45) is 7.91. The van der Waals surface area contributed by atoms with E-state index < -0.39 is 0 Å². The van der Waals surface area contributed by atoms with Gasteiger partial charge in [-0.15, -0.1) is 24.0 Å². The molecule has 0 bridgehead atoms. The first kappa shape index (κ1) is 22.8. The Balaban J connectivity index is 0.00000240. The third-order valence-electron chi connectivity index (χ3n) is 7.45. The fourth-order valence-electron chi connectivity index (χ4n) is 6.05. The number of nitrogens with one attached hydrogen (secondary N) is 2. The van der Waals surface area contributed by atoms with E-state index in [4.69, 9.17) is 9.73 Å². The topological polar surface area (TPSA) is 63.5 Å². The van der Waals surface area contributed by atoms with Gasteiger partial charge in [-0.25, -0.2) is 0 Å². The first-order valence-electron chi connectivity index (χ1n) is 11.1. The number of hydrogen-bond acceptors (Lipinski definition) is 3. The Morgan fingerprint density at radius 1 is 1.34 bits per heavy atom. The standard InChI is InChI=1S/C22H37N5O.HI/c1-6-23-21(24-14(2)13-18-15(3)26-27(5)16(18)4)25-19-17-9-12-28-20(17)22(19)10-7-8-11-22;/h14,17,19-20H,6-13H2,1-5H3,(H2,23,24,25);1H. The molecule has 4 unspecified atom stereocenters. The second-order valence-corrected chi connectivity index (χ2v) is 9.15. The highest BCUT2D eigenvalue weighted by atomic mass is 127. The maximum atomic E-state index is 6.14. The molecule has 4 rings (SSSR count). The average molecular weight is 515 g/mol. The van der Waals surface area contributed by atoms with Gasteiger partial charge in [0.25, 0.3) is 0 Å². The van der Waals surface area contributed by atoms with Gasteiger partial charge in [-0.05, 0) is 58.9 Å². The van der Waals surface area contributed by atoms with Crippen LogP contribution in [0.3, 0.4) is 0 Å². The lowest BCUT2D eigenvalue weighted by atomic mass is 9.54. The van der Waals surface area contributed by atoms with Crippen molar-refractivity contribution in [3.63, 3.8) is 0 Å². The maximum Gasteiger partial charge on any atom is 0.191 e. The molecule has 7 heteroatoms. The first-order chi connectivity index (χ1) is 13.5. The number of aromatic nitrogens is 2. The smallest absolute Gasteiger partial charge is 0.191 e. The Bertz CT molecular complexity index is 740. The molecule has 3 aliphatic rings. The predicted molar refractivity (Wildman–Crippen MR) is 128 cm³/mol. The van der Waals surface area contributed by atoms with Crippen LogP contribution in [0.2, 0.25) is 0 Å². The lowest BCUT2D eigenvalue weighted by molar-refractivity contribution is -0.125.